The maximum absolute atomic E-state index is 13.3. The molecule has 0 aliphatic carbocycles. The molecule has 0 heterocycles. The molecule has 1 aromatic rings. The number of benzene rings is 1. The van der Waals surface area contributed by atoms with Crippen LogP contribution in [-0.4, -0.2) is 41.4 Å². The first-order chi connectivity index (χ1) is 8.82. The predicted octanol–water partition coefficient (Wildman–Crippen LogP) is 0.941. The molecule has 2 N–H and O–H groups in total. The van der Waals surface area contributed by atoms with Crippen molar-refractivity contribution in [3.05, 3.63) is 29.6 Å². The van der Waals surface area contributed by atoms with Gasteiger partial charge in [-0.25, -0.2) is 9.18 Å². The number of anilines is 1. The number of amides is 2. The van der Waals surface area contributed by atoms with Gasteiger partial charge in [0.2, 0.25) is 11.8 Å². The number of carboxylic acids is 1. The van der Waals surface area contributed by atoms with Crippen LogP contribution in [0.1, 0.15) is 17.3 Å². The Morgan fingerprint density at radius 3 is 2.53 bits per heavy atom. The number of rotatable bonds is 4. The van der Waals surface area contributed by atoms with Gasteiger partial charge in [-0.1, -0.05) is 6.07 Å². The number of aromatic carboxylic acids is 1. The van der Waals surface area contributed by atoms with Crippen molar-refractivity contribution in [1.82, 2.24) is 4.90 Å². The SMILES string of the molecule is CC(=O)N(C)CC(=O)Nc1cccc(F)c1C(=O)O. The van der Waals surface area contributed by atoms with E-state index in [2.05, 4.69) is 5.32 Å². The first-order valence-corrected chi connectivity index (χ1v) is 5.36. The average Bonchev–Trinajstić information content (AvgIpc) is 2.27. The second-order valence-corrected chi connectivity index (χ2v) is 3.89. The maximum atomic E-state index is 13.3. The number of carbonyl (C=O) groups excluding carboxylic acids is 2. The Morgan fingerprint density at radius 2 is 2.00 bits per heavy atom. The highest BCUT2D eigenvalue weighted by atomic mass is 19.1. The third-order valence-electron chi connectivity index (χ3n) is 2.42. The fourth-order valence-electron chi connectivity index (χ4n) is 1.36. The van der Waals surface area contributed by atoms with Crippen molar-refractivity contribution >= 4 is 23.5 Å². The summed E-state index contributed by atoms with van der Waals surface area (Å²) in [5, 5.41) is 11.1. The van der Waals surface area contributed by atoms with Crippen molar-refractivity contribution in [3.8, 4) is 0 Å². The molecule has 19 heavy (non-hydrogen) atoms. The Labute approximate surface area is 108 Å². The number of halogens is 1. The molecule has 0 aromatic heterocycles. The van der Waals surface area contributed by atoms with E-state index in [9.17, 15) is 18.8 Å². The summed E-state index contributed by atoms with van der Waals surface area (Å²) in [7, 11) is 1.42. The molecule has 0 bridgehead atoms. The number of nitrogens with one attached hydrogen (secondary N) is 1. The van der Waals surface area contributed by atoms with E-state index in [4.69, 9.17) is 5.11 Å². The monoisotopic (exact) mass is 268 g/mol. The average molecular weight is 268 g/mol. The maximum Gasteiger partial charge on any atom is 0.340 e. The van der Waals surface area contributed by atoms with Gasteiger partial charge in [0.25, 0.3) is 0 Å². The highest BCUT2D eigenvalue weighted by molar-refractivity contribution is 6.01. The Kier molecular flexibility index (Phi) is 4.57. The van der Waals surface area contributed by atoms with E-state index in [0.29, 0.717) is 0 Å². The van der Waals surface area contributed by atoms with E-state index in [1.54, 1.807) is 0 Å². The molecule has 0 spiro atoms. The normalized spacial score (nSPS) is 9.84. The largest absolute Gasteiger partial charge is 0.478 e. The summed E-state index contributed by atoms with van der Waals surface area (Å²) in [5.74, 6) is -3.34. The molecule has 0 radical (unpaired) electrons. The van der Waals surface area contributed by atoms with Crippen LogP contribution in [0.2, 0.25) is 0 Å². The van der Waals surface area contributed by atoms with Crippen LogP contribution in [0.5, 0.6) is 0 Å². The van der Waals surface area contributed by atoms with E-state index >= 15 is 0 Å². The lowest BCUT2D eigenvalue weighted by Gasteiger charge is -2.15. The predicted molar refractivity (Wildman–Crippen MR) is 65.3 cm³/mol. The van der Waals surface area contributed by atoms with Crippen LogP contribution in [0.15, 0.2) is 18.2 Å². The van der Waals surface area contributed by atoms with Crippen LogP contribution < -0.4 is 5.32 Å². The zero-order chi connectivity index (χ0) is 14.6. The van der Waals surface area contributed by atoms with Gasteiger partial charge in [-0.05, 0) is 12.1 Å². The molecule has 0 saturated heterocycles. The van der Waals surface area contributed by atoms with Crippen molar-refractivity contribution in [1.29, 1.82) is 0 Å². The van der Waals surface area contributed by atoms with E-state index < -0.39 is 23.3 Å². The fourth-order valence-corrected chi connectivity index (χ4v) is 1.36. The molecular weight excluding hydrogens is 255 g/mol. The third-order valence-corrected chi connectivity index (χ3v) is 2.42. The van der Waals surface area contributed by atoms with Crippen molar-refractivity contribution < 1.29 is 23.9 Å². The second-order valence-electron chi connectivity index (χ2n) is 3.89. The smallest absolute Gasteiger partial charge is 0.340 e. The van der Waals surface area contributed by atoms with Crippen LogP contribution in [0.3, 0.4) is 0 Å². The summed E-state index contributed by atoms with van der Waals surface area (Å²) in [5.41, 5.74) is -0.754. The highest BCUT2D eigenvalue weighted by Gasteiger charge is 2.18. The van der Waals surface area contributed by atoms with Crippen LogP contribution >= 0.6 is 0 Å². The second kappa shape index (κ2) is 5.94. The van der Waals surface area contributed by atoms with Crippen molar-refractivity contribution in [2.24, 2.45) is 0 Å². The van der Waals surface area contributed by atoms with Gasteiger partial charge in [0.1, 0.15) is 11.4 Å². The Bertz CT molecular complexity index is 530. The molecule has 2 amide bonds. The van der Waals surface area contributed by atoms with Crippen LogP contribution in [-0.2, 0) is 9.59 Å². The van der Waals surface area contributed by atoms with Crippen molar-refractivity contribution in [2.75, 3.05) is 18.9 Å². The number of carbonyl (C=O) groups is 3. The number of carboxylic acid groups (broad SMARTS) is 1. The quantitative estimate of drug-likeness (QED) is 0.850. The van der Waals surface area contributed by atoms with Gasteiger partial charge in [0.15, 0.2) is 0 Å². The molecule has 1 aromatic carbocycles. The molecule has 0 atom stereocenters. The first kappa shape index (κ1) is 14.6. The van der Waals surface area contributed by atoms with Crippen molar-refractivity contribution in [3.63, 3.8) is 0 Å². The Balaban J connectivity index is 2.88. The van der Waals surface area contributed by atoms with E-state index in [0.717, 1.165) is 11.0 Å². The molecule has 0 aliphatic heterocycles. The molecule has 6 nitrogen and oxygen atoms in total. The molecule has 0 fully saturated rings. The summed E-state index contributed by atoms with van der Waals surface area (Å²) in [6.45, 7) is 1.04. The Morgan fingerprint density at radius 1 is 1.37 bits per heavy atom. The summed E-state index contributed by atoms with van der Waals surface area (Å²) >= 11 is 0. The van der Waals surface area contributed by atoms with Crippen LogP contribution in [0.25, 0.3) is 0 Å². The summed E-state index contributed by atoms with van der Waals surface area (Å²) in [6.07, 6.45) is 0. The molecule has 0 aliphatic rings. The number of nitrogens with zero attached hydrogens (tertiary/aromatic N) is 1. The lowest BCUT2D eigenvalue weighted by atomic mass is 10.1. The zero-order valence-corrected chi connectivity index (χ0v) is 10.4. The molecule has 0 saturated carbocycles. The van der Waals surface area contributed by atoms with E-state index in [1.165, 1.54) is 26.1 Å². The number of hydrogen-bond acceptors (Lipinski definition) is 3. The van der Waals surface area contributed by atoms with Crippen molar-refractivity contribution in [2.45, 2.75) is 6.92 Å². The lowest BCUT2D eigenvalue weighted by Crippen LogP contribution is -2.33. The number of hydrogen-bond donors (Lipinski definition) is 2. The standard InChI is InChI=1S/C12H13FN2O4/c1-7(16)15(2)6-10(17)14-9-5-3-4-8(13)11(9)12(18)19/h3-5H,6H2,1-2H3,(H,14,17)(H,18,19). The van der Waals surface area contributed by atoms with E-state index in [-0.39, 0.29) is 18.1 Å². The summed E-state index contributed by atoms with van der Waals surface area (Å²) in [4.78, 5) is 34.6. The van der Waals surface area contributed by atoms with Gasteiger partial charge in [-0.2, -0.15) is 0 Å². The van der Waals surface area contributed by atoms with Gasteiger partial charge in [0, 0.05) is 14.0 Å². The minimum atomic E-state index is -1.48. The minimum absolute atomic E-state index is 0.144. The topological polar surface area (TPSA) is 86.7 Å². The van der Waals surface area contributed by atoms with E-state index in [1.807, 2.05) is 0 Å². The van der Waals surface area contributed by atoms with Crippen LogP contribution in [0, 0.1) is 5.82 Å². The minimum Gasteiger partial charge on any atom is -0.478 e. The van der Waals surface area contributed by atoms with Gasteiger partial charge < -0.3 is 15.3 Å². The van der Waals surface area contributed by atoms with Crippen LogP contribution in [0.4, 0.5) is 10.1 Å². The molecule has 7 heteroatoms. The summed E-state index contributed by atoms with van der Waals surface area (Å²) in [6, 6.07) is 3.55. The van der Waals surface area contributed by atoms with Gasteiger partial charge in [0.05, 0.1) is 12.2 Å². The molecule has 1 rings (SSSR count). The van der Waals surface area contributed by atoms with Gasteiger partial charge >= 0.3 is 5.97 Å². The third kappa shape index (κ3) is 3.77. The summed E-state index contributed by atoms with van der Waals surface area (Å²) < 4.78 is 13.3. The number of likely N-dealkylation sites (N-methyl/N-ethyl adjacent to an activating group) is 1. The fraction of sp³-hybridized carbons (Fsp3) is 0.250. The Hall–Kier alpha value is -2.44. The molecule has 102 valence electrons. The zero-order valence-electron chi connectivity index (χ0n) is 10.4. The van der Waals surface area contributed by atoms with Gasteiger partial charge in [-0.15, -0.1) is 0 Å². The molecular formula is C12H13FN2O4. The van der Waals surface area contributed by atoms with Gasteiger partial charge in [-0.3, -0.25) is 9.59 Å². The highest BCUT2D eigenvalue weighted by Crippen LogP contribution is 2.18. The first-order valence-electron chi connectivity index (χ1n) is 5.36. The lowest BCUT2D eigenvalue weighted by molar-refractivity contribution is -0.131. The molecule has 0 unspecified atom stereocenters.